The third kappa shape index (κ3) is 4.25. The van der Waals surface area contributed by atoms with Crippen molar-refractivity contribution in [2.24, 2.45) is 0 Å². The molecule has 0 aromatic rings. The molecule has 0 saturated carbocycles. The summed E-state index contributed by atoms with van der Waals surface area (Å²) < 4.78 is 46.3. The lowest BCUT2D eigenvalue weighted by atomic mass is 10.1. The van der Waals surface area contributed by atoms with Crippen LogP contribution in [0.4, 0.5) is 0 Å². The van der Waals surface area contributed by atoms with Gasteiger partial charge in [-0.25, -0.2) is 16.8 Å². The van der Waals surface area contributed by atoms with Crippen LogP contribution in [0.3, 0.4) is 0 Å². The number of aliphatic carboxylic acids is 1. The summed E-state index contributed by atoms with van der Waals surface area (Å²) in [7, 11) is -7.91. The summed E-state index contributed by atoms with van der Waals surface area (Å²) in [6.07, 6.45) is 0.784. The van der Waals surface area contributed by atoms with Crippen molar-refractivity contribution in [3.63, 3.8) is 0 Å². The molecule has 0 radical (unpaired) electrons. The van der Waals surface area contributed by atoms with Crippen molar-refractivity contribution in [3.8, 4) is 0 Å². The molecule has 0 aliphatic carbocycles. The smallest absolute Gasteiger partial charge is 0.324 e. The van der Waals surface area contributed by atoms with E-state index >= 15 is 0 Å². The maximum atomic E-state index is 11.8. The van der Waals surface area contributed by atoms with E-state index in [1.807, 2.05) is 0 Å². The predicted molar refractivity (Wildman–Crippen MR) is 62.7 cm³/mol. The zero-order valence-electron chi connectivity index (χ0n) is 10.2. The van der Waals surface area contributed by atoms with Crippen LogP contribution in [0.2, 0.25) is 0 Å². The number of carboxylic acid groups (broad SMARTS) is 1. The molecule has 0 aliphatic rings. The standard InChI is InChI=1S/C8H17NO6S2/c1-5-9(8(2,3)7(10)11)17(14,15)6-16(4,12)13/h5-6H2,1-4H3,(H,10,11). The summed E-state index contributed by atoms with van der Waals surface area (Å²) in [4.78, 5) is 11.0. The number of hydrogen-bond donors (Lipinski definition) is 1. The highest BCUT2D eigenvalue weighted by Gasteiger charge is 2.42. The molecule has 0 unspecified atom stereocenters. The fourth-order valence-corrected chi connectivity index (χ4v) is 5.22. The molecule has 0 aliphatic heterocycles. The third-order valence-electron chi connectivity index (χ3n) is 2.13. The molecule has 0 rings (SSSR count). The Bertz CT molecular complexity index is 490. The zero-order valence-corrected chi connectivity index (χ0v) is 11.8. The topological polar surface area (TPSA) is 109 Å². The lowest BCUT2D eigenvalue weighted by Crippen LogP contribution is -2.53. The molecule has 0 aromatic carbocycles. The fraction of sp³-hybridized carbons (Fsp3) is 0.875. The Balaban J connectivity index is 5.50. The summed E-state index contributed by atoms with van der Waals surface area (Å²) in [6.45, 7) is 3.75. The third-order valence-corrected chi connectivity index (χ3v) is 6.42. The van der Waals surface area contributed by atoms with Gasteiger partial charge in [-0.3, -0.25) is 4.79 Å². The van der Waals surface area contributed by atoms with Gasteiger partial charge in [-0.15, -0.1) is 0 Å². The predicted octanol–water partition coefficient (Wildman–Crippen LogP) is -0.497. The highest BCUT2D eigenvalue weighted by atomic mass is 32.3. The second-order valence-electron chi connectivity index (χ2n) is 4.18. The Morgan fingerprint density at radius 1 is 1.24 bits per heavy atom. The Kier molecular flexibility index (Phi) is 4.71. The highest BCUT2D eigenvalue weighted by molar-refractivity contribution is 8.06. The molecule has 0 atom stereocenters. The van der Waals surface area contributed by atoms with Crippen LogP contribution < -0.4 is 0 Å². The molecule has 0 bridgehead atoms. The second kappa shape index (κ2) is 4.91. The molecule has 1 N–H and O–H groups in total. The number of sulfonamides is 1. The molecule has 9 heteroatoms. The van der Waals surface area contributed by atoms with Crippen LogP contribution in [0.1, 0.15) is 20.8 Å². The van der Waals surface area contributed by atoms with Gasteiger partial charge < -0.3 is 5.11 Å². The maximum Gasteiger partial charge on any atom is 0.324 e. The maximum absolute atomic E-state index is 11.8. The van der Waals surface area contributed by atoms with E-state index in [4.69, 9.17) is 5.11 Å². The number of hydrogen-bond acceptors (Lipinski definition) is 5. The first-order chi connectivity index (χ1) is 7.34. The van der Waals surface area contributed by atoms with Gasteiger partial charge in [0.15, 0.2) is 14.9 Å². The van der Waals surface area contributed by atoms with E-state index in [2.05, 4.69) is 0 Å². The van der Waals surface area contributed by atoms with Crippen molar-refractivity contribution < 1.29 is 26.7 Å². The zero-order chi connectivity index (χ0) is 14.1. The van der Waals surface area contributed by atoms with Crippen molar-refractivity contribution in [2.75, 3.05) is 17.9 Å². The van der Waals surface area contributed by atoms with Gasteiger partial charge in [0.2, 0.25) is 10.0 Å². The van der Waals surface area contributed by atoms with Crippen LogP contribution in [0.5, 0.6) is 0 Å². The van der Waals surface area contributed by atoms with Gasteiger partial charge in [0.05, 0.1) is 0 Å². The molecular weight excluding hydrogens is 270 g/mol. The van der Waals surface area contributed by atoms with E-state index in [0.29, 0.717) is 4.31 Å². The lowest BCUT2D eigenvalue weighted by molar-refractivity contribution is -0.146. The van der Waals surface area contributed by atoms with Gasteiger partial charge in [0.25, 0.3) is 0 Å². The first-order valence-corrected chi connectivity index (χ1v) is 8.43. The van der Waals surface area contributed by atoms with Crippen LogP contribution >= 0.6 is 0 Å². The van der Waals surface area contributed by atoms with Crippen molar-refractivity contribution in [1.82, 2.24) is 4.31 Å². The molecular formula is C8H17NO6S2. The second-order valence-corrected chi connectivity index (χ2v) is 8.58. The number of carbonyl (C=O) groups is 1. The summed E-state index contributed by atoms with van der Waals surface area (Å²) in [5, 5.41) is 7.86. The molecule has 0 aromatic heterocycles. The molecule has 0 heterocycles. The quantitative estimate of drug-likeness (QED) is 0.705. The van der Waals surface area contributed by atoms with Crippen LogP contribution in [-0.4, -0.2) is 55.6 Å². The number of nitrogens with zero attached hydrogens (tertiary/aromatic N) is 1. The molecule has 17 heavy (non-hydrogen) atoms. The highest BCUT2D eigenvalue weighted by Crippen LogP contribution is 2.20. The van der Waals surface area contributed by atoms with Gasteiger partial charge in [-0.2, -0.15) is 4.31 Å². The Labute approximate surface area is 101 Å². The van der Waals surface area contributed by atoms with E-state index in [0.717, 1.165) is 6.26 Å². The summed E-state index contributed by atoms with van der Waals surface area (Å²) in [5.74, 6) is -1.34. The number of rotatable bonds is 6. The first kappa shape index (κ1) is 16.3. The summed E-state index contributed by atoms with van der Waals surface area (Å²) >= 11 is 0. The van der Waals surface area contributed by atoms with E-state index in [9.17, 15) is 21.6 Å². The number of likely N-dealkylation sites (N-methyl/N-ethyl adjacent to an activating group) is 1. The van der Waals surface area contributed by atoms with Gasteiger partial charge in [-0.1, -0.05) is 6.92 Å². The van der Waals surface area contributed by atoms with Crippen LogP contribution in [0.25, 0.3) is 0 Å². The molecule has 102 valence electrons. The molecule has 0 amide bonds. The molecule has 0 spiro atoms. The molecule has 7 nitrogen and oxygen atoms in total. The number of sulfone groups is 1. The van der Waals surface area contributed by atoms with Crippen LogP contribution in [-0.2, 0) is 24.7 Å². The lowest BCUT2D eigenvalue weighted by Gasteiger charge is -2.32. The Morgan fingerprint density at radius 3 is 1.88 bits per heavy atom. The monoisotopic (exact) mass is 287 g/mol. The van der Waals surface area contributed by atoms with E-state index in [-0.39, 0.29) is 6.54 Å². The average Bonchev–Trinajstić information content (AvgIpc) is 1.97. The fourth-order valence-electron chi connectivity index (χ4n) is 1.38. The minimum Gasteiger partial charge on any atom is -0.480 e. The van der Waals surface area contributed by atoms with Gasteiger partial charge in [-0.05, 0) is 13.8 Å². The van der Waals surface area contributed by atoms with Gasteiger partial charge in [0.1, 0.15) is 5.54 Å². The Hall–Kier alpha value is -0.670. The minimum absolute atomic E-state index is 0.114. The normalized spacial score (nSPS) is 13.9. The van der Waals surface area contributed by atoms with Crippen molar-refractivity contribution in [3.05, 3.63) is 0 Å². The first-order valence-electron chi connectivity index (χ1n) is 4.76. The Morgan fingerprint density at radius 2 is 1.65 bits per heavy atom. The van der Waals surface area contributed by atoms with E-state index in [1.54, 1.807) is 0 Å². The van der Waals surface area contributed by atoms with E-state index < -0.39 is 36.5 Å². The molecule has 0 saturated heterocycles. The van der Waals surface area contributed by atoms with Crippen molar-refractivity contribution in [2.45, 2.75) is 26.3 Å². The average molecular weight is 287 g/mol. The van der Waals surface area contributed by atoms with Crippen molar-refractivity contribution >= 4 is 25.8 Å². The largest absolute Gasteiger partial charge is 0.480 e. The van der Waals surface area contributed by atoms with Crippen LogP contribution in [0.15, 0.2) is 0 Å². The number of carboxylic acids is 1. The van der Waals surface area contributed by atoms with E-state index in [1.165, 1.54) is 20.8 Å². The van der Waals surface area contributed by atoms with Gasteiger partial charge in [0, 0.05) is 12.8 Å². The minimum atomic E-state index is -4.17. The molecule has 0 fully saturated rings. The van der Waals surface area contributed by atoms with Crippen molar-refractivity contribution in [1.29, 1.82) is 0 Å². The summed E-state index contributed by atoms with van der Waals surface area (Å²) in [6, 6.07) is 0. The van der Waals surface area contributed by atoms with Crippen LogP contribution in [0, 0.1) is 0 Å². The SMILES string of the molecule is CCN(C(C)(C)C(=O)O)S(=O)(=O)CS(C)(=O)=O. The van der Waals surface area contributed by atoms with Gasteiger partial charge >= 0.3 is 5.97 Å². The summed E-state index contributed by atoms with van der Waals surface area (Å²) in [5.41, 5.74) is -1.68.